The SMILES string of the molecule is Cn1cnc2c1[C@H](C(=O)NCC1CC1)CN(Cc1ccc3c(c1)OCO3)C2. The summed E-state index contributed by atoms with van der Waals surface area (Å²) in [6, 6.07) is 6.04. The number of carbonyl (C=O) groups excluding carboxylic acids is 1. The molecule has 3 aliphatic rings. The van der Waals surface area contributed by atoms with E-state index in [-0.39, 0.29) is 18.6 Å². The zero-order valence-corrected chi connectivity index (χ0v) is 15.5. The Morgan fingerprint density at radius 1 is 1.30 bits per heavy atom. The van der Waals surface area contributed by atoms with Gasteiger partial charge in [-0.05, 0) is 36.5 Å². The normalized spacial score (nSPS) is 21.1. The molecule has 27 heavy (non-hydrogen) atoms. The molecule has 1 amide bonds. The molecule has 2 aromatic rings. The number of nitrogens with zero attached hydrogens (tertiary/aromatic N) is 3. The highest BCUT2D eigenvalue weighted by Crippen LogP contribution is 2.34. The first kappa shape index (κ1) is 16.6. The molecular formula is C20H24N4O3. The number of carbonyl (C=O) groups is 1. The third kappa shape index (κ3) is 3.27. The van der Waals surface area contributed by atoms with Gasteiger partial charge in [-0.1, -0.05) is 6.07 Å². The van der Waals surface area contributed by atoms with Gasteiger partial charge in [0.2, 0.25) is 12.7 Å². The van der Waals surface area contributed by atoms with Crippen LogP contribution in [0, 0.1) is 5.92 Å². The smallest absolute Gasteiger partial charge is 0.231 e. The van der Waals surface area contributed by atoms with Gasteiger partial charge in [-0.3, -0.25) is 9.69 Å². The van der Waals surface area contributed by atoms with Gasteiger partial charge < -0.3 is 19.4 Å². The lowest BCUT2D eigenvalue weighted by Gasteiger charge is -2.32. The van der Waals surface area contributed by atoms with Crippen molar-refractivity contribution >= 4 is 5.91 Å². The molecule has 1 saturated carbocycles. The average Bonchev–Trinajstić information content (AvgIpc) is 3.26. The Morgan fingerprint density at radius 3 is 3.00 bits per heavy atom. The molecule has 1 aliphatic carbocycles. The van der Waals surface area contributed by atoms with Crippen LogP contribution in [-0.4, -0.2) is 40.2 Å². The molecule has 0 unspecified atom stereocenters. The standard InChI is InChI=1S/C20H24N4O3/c1-23-11-22-16-10-24(8-14-4-5-17-18(6-14)27-12-26-17)9-15(19(16)23)20(25)21-7-13-2-3-13/h4-6,11,13,15H,2-3,7-10,12H2,1H3,(H,21,25)/t15-/m1/s1. The number of aryl methyl sites for hydroxylation is 1. The topological polar surface area (TPSA) is 68.6 Å². The number of hydrogen-bond acceptors (Lipinski definition) is 5. The van der Waals surface area contributed by atoms with E-state index in [2.05, 4.69) is 21.3 Å². The molecule has 0 bridgehead atoms. The van der Waals surface area contributed by atoms with Crippen LogP contribution < -0.4 is 14.8 Å². The van der Waals surface area contributed by atoms with Crippen LogP contribution in [0.4, 0.5) is 0 Å². The molecule has 3 heterocycles. The van der Waals surface area contributed by atoms with Crippen molar-refractivity contribution in [2.45, 2.75) is 31.8 Å². The molecule has 5 rings (SSSR count). The zero-order valence-electron chi connectivity index (χ0n) is 15.5. The van der Waals surface area contributed by atoms with Crippen molar-refractivity contribution in [2.24, 2.45) is 13.0 Å². The van der Waals surface area contributed by atoms with E-state index in [9.17, 15) is 4.79 Å². The van der Waals surface area contributed by atoms with Crippen LogP contribution in [0.3, 0.4) is 0 Å². The van der Waals surface area contributed by atoms with Crippen LogP contribution in [0.15, 0.2) is 24.5 Å². The average molecular weight is 368 g/mol. The minimum absolute atomic E-state index is 0.113. The summed E-state index contributed by atoms with van der Waals surface area (Å²) in [6.07, 6.45) is 4.28. The van der Waals surface area contributed by atoms with Gasteiger partial charge in [0.05, 0.1) is 23.6 Å². The number of amides is 1. The molecule has 1 aromatic heterocycles. The number of imidazole rings is 1. The van der Waals surface area contributed by atoms with Crippen molar-refractivity contribution in [3.63, 3.8) is 0 Å². The van der Waals surface area contributed by atoms with Gasteiger partial charge in [0.25, 0.3) is 0 Å². The Morgan fingerprint density at radius 2 is 2.15 bits per heavy atom. The Hall–Kier alpha value is -2.54. The summed E-state index contributed by atoms with van der Waals surface area (Å²) in [5.74, 6) is 2.19. The van der Waals surface area contributed by atoms with E-state index in [4.69, 9.17) is 9.47 Å². The Bertz CT molecular complexity index is 874. The molecule has 7 heteroatoms. The first-order valence-corrected chi connectivity index (χ1v) is 9.56. The van der Waals surface area contributed by atoms with Crippen LogP contribution in [0.5, 0.6) is 11.5 Å². The first-order chi connectivity index (χ1) is 13.2. The second-order valence-corrected chi connectivity index (χ2v) is 7.79. The molecule has 7 nitrogen and oxygen atoms in total. The predicted octanol–water partition coefficient (Wildman–Crippen LogP) is 1.77. The van der Waals surface area contributed by atoms with Crippen molar-refractivity contribution in [3.8, 4) is 11.5 Å². The molecular weight excluding hydrogens is 344 g/mol. The fourth-order valence-electron chi connectivity index (χ4n) is 3.99. The van der Waals surface area contributed by atoms with Gasteiger partial charge >= 0.3 is 0 Å². The zero-order chi connectivity index (χ0) is 18.4. The van der Waals surface area contributed by atoms with Gasteiger partial charge in [-0.15, -0.1) is 0 Å². The Kier molecular flexibility index (Phi) is 4.04. The molecule has 0 spiro atoms. The van der Waals surface area contributed by atoms with Gasteiger partial charge in [-0.2, -0.15) is 0 Å². The van der Waals surface area contributed by atoms with E-state index in [1.54, 1.807) is 0 Å². The predicted molar refractivity (Wildman–Crippen MR) is 98.4 cm³/mol. The molecule has 1 aromatic carbocycles. The lowest BCUT2D eigenvalue weighted by molar-refractivity contribution is -0.123. The third-order valence-electron chi connectivity index (χ3n) is 5.63. The van der Waals surface area contributed by atoms with Gasteiger partial charge in [-0.25, -0.2) is 4.98 Å². The second-order valence-electron chi connectivity index (χ2n) is 7.79. The number of ether oxygens (including phenoxy) is 2. The highest BCUT2D eigenvalue weighted by atomic mass is 16.7. The summed E-state index contributed by atoms with van der Waals surface area (Å²) in [5.41, 5.74) is 3.19. The Balaban J connectivity index is 1.34. The largest absolute Gasteiger partial charge is 0.454 e. The highest BCUT2D eigenvalue weighted by Gasteiger charge is 2.34. The van der Waals surface area contributed by atoms with Crippen LogP contribution in [-0.2, 0) is 24.9 Å². The van der Waals surface area contributed by atoms with E-state index in [0.717, 1.165) is 48.1 Å². The maximum absolute atomic E-state index is 12.9. The Labute approximate surface area is 158 Å². The second kappa shape index (κ2) is 6.56. The summed E-state index contributed by atoms with van der Waals surface area (Å²) >= 11 is 0. The van der Waals surface area contributed by atoms with E-state index in [1.165, 1.54) is 12.8 Å². The van der Waals surface area contributed by atoms with Crippen LogP contribution in [0.2, 0.25) is 0 Å². The summed E-state index contributed by atoms with van der Waals surface area (Å²) < 4.78 is 12.9. The van der Waals surface area contributed by atoms with Crippen molar-refractivity contribution in [1.82, 2.24) is 19.8 Å². The van der Waals surface area contributed by atoms with Crippen molar-refractivity contribution < 1.29 is 14.3 Å². The number of nitrogens with one attached hydrogen (secondary N) is 1. The van der Waals surface area contributed by atoms with Crippen molar-refractivity contribution in [1.29, 1.82) is 0 Å². The van der Waals surface area contributed by atoms with Gasteiger partial charge in [0, 0.05) is 33.2 Å². The lowest BCUT2D eigenvalue weighted by atomic mass is 9.96. The van der Waals surface area contributed by atoms with Crippen LogP contribution in [0.1, 0.15) is 35.7 Å². The molecule has 0 saturated heterocycles. The maximum Gasteiger partial charge on any atom is 0.231 e. The van der Waals surface area contributed by atoms with Crippen molar-refractivity contribution in [2.75, 3.05) is 19.9 Å². The summed E-state index contributed by atoms with van der Waals surface area (Å²) in [6.45, 7) is 3.27. The minimum Gasteiger partial charge on any atom is -0.454 e. The molecule has 2 aliphatic heterocycles. The first-order valence-electron chi connectivity index (χ1n) is 9.56. The van der Waals surface area contributed by atoms with E-state index < -0.39 is 0 Å². The number of hydrogen-bond donors (Lipinski definition) is 1. The molecule has 142 valence electrons. The fourth-order valence-corrected chi connectivity index (χ4v) is 3.99. The molecule has 1 N–H and O–H groups in total. The number of fused-ring (bicyclic) bond motifs is 2. The van der Waals surface area contributed by atoms with Crippen molar-refractivity contribution in [3.05, 3.63) is 41.5 Å². The third-order valence-corrected chi connectivity index (χ3v) is 5.63. The van der Waals surface area contributed by atoms with E-state index in [1.807, 2.05) is 30.1 Å². The quantitative estimate of drug-likeness (QED) is 0.871. The summed E-state index contributed by atoms with van der Waals surface area (Å²) in [5, 5.41) is 3.15. The lowest BCUT2D eigenvalue weighted by Crippen LogP contribution is -2.42. The molecule has 1 fully saturated rings. The summed E-state index contributed by atoms with van der Waals surface area (Å²) in [4.78, 5) is 19.7. The van der Waals surface area contributed by atoms with E-state index >= 15 is 0 Å². The maximum atomic E-state index is 12.9. The monoisotopic (exact) mass is 368 g/mol. The molecule has 0 radical (unpaired) electrons. The number of benzene rings is 1. The highest BCUT2D eigenvalue weighted by molar-refractivity contribution is 5.84. The number of aromatic nitrogens is 2. The van der Waals surface area contributed by atoms with Crippen LogP contribution in [0.25, 0.3) is 0 Å². The van der Waals surface area contributed by atoms with Crippen LogP contribution >= 0.6 is 0 Å². The minimum atomic E-state index is -0.186. The molecule has 1 atom stereocenters. The number of rotatable bonds is 5. The van der Waals surface area contributed by atoms with E-state index in [0.29, 0.717) is 12.5 Å². The van der Waals surface area contributed by atoms with Gasteiger partial charge in [0.1, 0.15) is 0 Å². The fraction of sp³-hybridized carbons (Fsp3) is 0.500. The summed E-state index contributed by atoms with van der Waals surface area (Å²) in [7, 11) is 1.97. The van der Waals surface area contributed by atoms with Gasteiger partial charge in [0.15, 0.2) is 11.5 Å².